The molecule has 2 rings (SSSR count). The molecule has 0 unspecified atom stereocenters. The minimum Gasteiger partial charge on any atom is -0.341 e. The van der Waals surface area contributed by atoms with Crippen molar-refractivity contribution in [1.29, 1.82) is 0 Å². The molecule has 7 heteroatoms. The molecule has 1 amide bonds. The van der Waals surface area contributed by atoms with Crippen molar-refractivity contribution >= 4 is 30.7 Å². The summed E-state index contributed by atoms with van der Waals surface area (Å²) in [6.07, 6.45) is 5.82. The summed E-state index contributed by atoms with van der Waals surface area (Å²) < 4.78 is 2.00. The molecule has 0 saturated carbocycles. The van der Waals surface area contributed by atoms with E-state index in [0.717, 1.165) is 12.2 Å². The first-order valence-electron chi connectivity index (χ1n) is 7.26. The molecular weight excluding hydrogens is 347 g/mol. The van der Waals surface area contributed by atoms with E-state index in [0.29, 0.717) is 13.0 Å². The third-order valence-electron chi connectivity index (χ3n) is 3.42. The number of likely N-dealkylation sites (N-methyl/N-ethyl adjacent to an activating group) is 1. The van der Waals surface area contributed by atoms with Crippen LogP contribution in [0.5, 0.6) is 0 Å². The van der Waals surface area contributed by atoms with Gasteiger partial charge in [0.15, 0.2) is 0 Å². The number of amides is 1. The number of halogens is 2. The van der Waals surface area contributed by atoms with Gasteiger partial charge in [-0.25, -0.2) is 4.98 Å². The highest BCUT2D eigenvalue weighted by atomic mass is 35.5. The molecule has 5 nitrogen and oxygen atoms in total. The molecule has 0 fully saturated rings. The molecule has 0 spiro atoms. The molecule has 2 N–H and O–H groups in total. The van der Waals surface area contributed by atoms with Gasteiger partial charge in [0, 0.05) is 32.8 Å². The highest BCUT2D eigenvalue weighted by molar-refractivity contribution is 5.85. The molecule has 0 bridgehead atoms. The molecule has 0 radical (unpaired) electrons. The second-order valence-corrected chi connectivity index (χ2v) is 5.34. The lowest BCUT2D eigenvalue weighted by Crippen LogP contribution is -2.43. The largest absolute Gasteiger partial charge is 0.341 e. The number of imidazole rings is 1. The number of benzene rings is 1. The number of rotatable bonds is 7. The maximum absolute atomic E-state index is 12.1. The molecule has 0 aliphatic carbocycles. The first-order chi connectivity index (χ1) is 10.6. The van der Waals surface area contributed by atoms with E-state index < -0.39 is 6.04 Å². The van der Waals surface area contributed by atoms with Gasteiger partial charge in [0.1, 0.15) is 0 Å². The molecule has 1 atom stereocenters. The van der Waals surface area contributed by atoms with Crippen molar-refractivity contribution in [3.8, 4) is 0 Å². The summed E-state index contributed by atoms with van der Waals surface area (Å²) in [5.41, 5.74) is 8.00. The van der Waals surface area contributed by atoms with Crippen LogP contribution in [0.15, 0.2) is 55.5 Å². The fraction of sp³-hybridized carbons (Fsp3) is 0.294. The highest BCUT2D eigenvalue weighted by Crippen LogP contribution is 2.06. The average Bonchev–Trinajstić information content (AvgIpc) is 2.94. The Kier molecular flexibility index (Phi) is 10.0. The van der Waals surface area contributed by atoms with E-state index >= 15 is 0 Å². The molecule has 0 saturated heterocycles. The van der Waals surface area contributed by atoms with Crippen LogP contribution in [0, 0.1) is 0 Å². The molecular formula is C17H24Cl2N4O. The van der Waals surface area contributed by atoms with Gasteiger partial charge in [-0.05, 0) is 5.56 Å². The van der Waals surface area contributed by atoms with Gasteiger partial charge in [-0.2, -0.15) is 0 Å². The molecule has 1 aromatic heterocycles. The summed E-state index contributed by atoms with van der Waals surface area (Å²) in [5.74, 6) is -0.0995. The molecule has 1 heterocycles. The lowest BCUT2D eigenvalue weighted by molar-refractivity contribution is -0.130. The quantitative estimate of drug-likeness (QED) is 0.760. The van der Waals surface area contributed by atoms with Crippen molar-refractivity contribution in [1.82, 2.24) is 14.5 Å². The summed E-state index contributed by atoms with van der Waals surface area (Å²) in [6.45, 7) is 4.87. The molecule has 0 aliphatic heterocycles. The fourth-order valence-electron chi connectivity index (χ4n) is 2.27. The normalized spacial score (nSPS) is 10.9. The first kappa shape index (κ1) is 22.2. The van der Waals surface area contributed by atoms with Gasteiger partial charge in [-0.3, -0.25) is 4.79 Å². The standard InChI is InChI=1S/C17H22N4O.2ClH/c1-3-9-20(2)17(22)16(18)10-15-12-21(13-19-15)11-14-7-5-4-6-8-14;;/h3-8,12-13,16H,1,9-11,18H2,2H3;2*1H/t16-;;/m0../s1. The predicted octanol–water partition coefficient (Wildman–Crippen LogP) is 2.29. The number of nitrogens with zero attached hydrogens (tertiary/aromatic N) is 3. The number of aromatic nitrogens is 2. The van der Waals surface area contributed by atoms with Gasteiger partial charge in [0.05, 0.1) is 18.1 Å². The van der Waals surface area contributed by atoms with Crippen LogP contribution in [-0.2, 0) is 17.8 Å². The Labute approximate surface area is 155 Å². The third kappa shape index (κ3) is 6.35. The Balaban J connectivity index is 0.00000264. The van der Waals surface area contributed by atoms with Crippen molar-refractivity contribution < 1.29 is 4.79 Å². The van der Waals surface area contributed by atoms with Crippen LogP contribution in [0.2, 0.25) is 0 Å². The van der Waals surface area contributed by atoms with Gasteiger partial charge >= 0.3 is 0 Å². The Morgan fingerprint density at radius 3 is 2.67 bits per heavy atom. The zero-order valence-electron chi connectivity index (χ0n) is 13.7. The Morgan fingerprint density at radius 1 is 1.38 bits per heavy atom. The smallest absolute Gasteiger partial charge is 0.239 e. The first-order valence-corrected chi connectivity index (χ1v) is 7.26. The van der Waals surface area contributed by atoms with Gasteiger partial charge in [-0.15, -0.1) is 31.4 Å². The van der Waals surface area contributed by atoms with E-state index in [1.807, 2.05) is 29.0 Å². The topological polar surface area (TPSA) is 64.2 Å². The van der Waals surface area contributed by atoms with Crippen molar-refractivity contribution in [2.24, 2.45) is 5.73 Å². The number of nitrogens with two attached hydrogens (primary N) is 1. The second kappa shape index (κ2) is 10.9. The van der Waals surface area contributed by atoms with E-state index in [9.17, 15) is 4.79 Å². The van der Waals surface area contributed by atoms with Gasteiger partial charge in [0.2, 0.25) is 5.91 Å². The summed E-state index contributed by atoms with van der Waals surface area (Å²) in [5, 5.41) is 0. The molecule has 2 aromatic rings. The summed E-state index contributed by atoms with van der Waals surface area (Å²) in [4.78, 5) is 18.0. The van der Waals surface area contributed by atoms with Crippen molar-refractivity contribution in [2.75, 3.05) is 13.6 Å². The van der Waals surface area contributed by atoms with Crippen LogP contribution in [0.3, 0.4) is 0 Å². The lowest BCUT2D eigenvalue weighted by atomic mass is 10.1. The summed E-state index contributed by atoms with van der Waals surface area (Å²) in [6, 6.07) is 9.57. The van der Waals surface area contributed by atoms with Crippen molar-refractivity contribution in [3.05, 3.63) is 66.8 Å². The van der Waals surface area contributed by atoms with Crippen LogP contribution in [0.1, 0.15) is 11.3 Å². The van der Waals surface area contributed by atoms with Crippen molar-refractivity contribution in [2.45, 2.75) is 19.0 Å². The second-order valence-electron chi connectivity index (χ2n) is 5.34. The predicted molar refractivity (Wildman–Crippen MR) is 102 cm³/mol. The van der Waals surface area contributed by atoms with E-state index in [-0.39, 0.29) is 30.7 Å². The monoisotopic (exact) mass is 370 g/mol. The Hall–Kier alpha value is -1.82. The maximum Gasteiger partial charge on any atom is 0.239 e. The van der Waals surface area contributed by atoms with Crippen LogP contribution in [-0.4, -0.2) is 40.0 Å². The minimum absolute atomic E-state index is 0. The van der Waals surface area contributed by atoms with Gasteiger partial charge in [-0.1, -0.05) is 36.4 Å². The number of hydrogen-bond acceptors (Lipinski definition) is 3. The van der Waals surface area contributed by atoms with E-state index in [4.69, 9.17) is 5.73 Å². The van der Waals surface area contributed by atoms with Gasteiger partial charge < -0.3 is 15.2 Å². The van der Waals surface area contributed by atoms with E-state index in [1.165, 1.54) is 5.56 Å². The third-order valence-corrected chi connectivity index (χ3v) is 3.42. The number of carbonyl (C=O) groups excluding carboxylic acids is 1. The average molecular weight is 371 g/mol. The maximum atomic E-state index is 12.1. The number of hydrogen-bond donors (Lipinski definition) is 1. The van der Waals surface area contributed by atoms with E-state index in [2.05, 4.69) is 23.7 Å². The van der Waals surface area contributed by atoms with Gasteiger partial charge in [0.25, 0.3) is 0 Å². The highest BCUT2D eigenvalue weighted by Gasteiger charge is 2.18. The molecule has 24 heavy (non-hydrogen) atoms. The van der Waals surface area contributed by atoms with Crippen LogP contribution in [0.25, 0.3) is 0 Å². The minimum atomic E-state index is -0.579. The van der Waals surface area contributed by atoms with Crippen LogP contribution in [0.4, 0.5) is 0 Å². The zero-order chi connectivity index (χ0) is 15.9. The molecule has 0 aliphatic rings. The Bertz CT molecular complexity index is 631. The van der Waals surface area contributed by atoms with Crippen molar-refractivity contribution in [3.63, 3.8) is 0 Å². The number of carbonyl (C=O) groups is 1. The zero-order valence-corrected chi connectivity index (χ0v) is 15.3. The lowest BCUT2D eigenvalue weighted by Gasteiger charge is -2.19. The summed E-state index contributed by atoms with van der Waals surface area (Å²) in [7, 11) is 1.72. The Morgan fingerprint density at radius 2 is 2.04 bits per heavy atom. The SMILES string of the molecule is C=CCN(C)C(=O)[C@@H](N)Cc1cn(Cc2ccccc2)cn1.Cl.Cl. The summed E-state index contributed by atoms with van der Waals surface area (Å²) >= 11 is 0. The molecule has 132 valence electrons. The van der Waals surface area contributed by atoms with E-state index in [1.54, 1.807) is 24.4 Å². The molecule has 1 aromatic carbocycles. The van der Waals surface area contributed by atoms with Crippen LogP contribution >= 0.6 is 24.8 Å². The fourth-order valence-corrected chi connectivity index (χ4v) is 2.27. The van der Waals surface area contributed by atoms with Crippen LogP contribution < -0.4 is 5.73 Å².